The molecule has 0 aliphatic rings. The first kappa shape index (κ1) is 21.2. The molecule has 0 heterocycles. The number of aliphatic imine (C=N–C) groups is 1. The topological polar surface area (TPSA) is 54.9 Å². The van der Waals surface area contributed by atoms with Gasteiger partial charge in [0.2, 0.25) is 0 Å². The third kappa shape index (κ3) is 14.1. The van der Waals surface area contributed by atoms with Crippen LogP contribution >= 0.6 is 0 Å². The highest BCUT2D eigenvalue weighted by Gasteiger charge is 2.04. The molecule has 0 aliphatic carbocycles. The third-order valence-electron chi connectivity index (χ3n) is 3.40. The number of nitrogens with one attached hydrogen (secondary N) is 2. The van der Waals surface area contributed by atoms with E-state index in [-0.39, 0.29) is 0 Å². The van der Waals surface area contributed by atoms with Gasteiger partial charge < -0.3 is 20.1 Å². The second-order valence-corrected chi connectivity index (χ2v) is 5.62. The molecule has 0 aromatic heterocycles. The minimum atomic E-state index is 0.450. The fourth-order valence-corrected chi connectivity index (χ4v) is 2.01. The minimum Gasteiger partial charge on any atom is -0.379 e. The van der Waals surface area contributed by atoms with Crippen molar-refractivity contribution >= 4 is 5.96 Å². The first-order valence-electron chi connectivity index (χ1n) is 8.87. The standard InChI is InChI=1S/C17H37N3O2/c1-5-7-9-10-16(3)20-17(18-4)19-11-13-22-15-14-21-12-8-6-2/h16H,5-15H2,1-4H3,(H2,18,19,20). The van der Waals surface area contributed by atoms with E-state index in [4.69, 9.17) is 9.47 Å². The zero-order valence-corrected chi connectivity index (χ0v) is 15.1. The number of nitrogens with zero attached hydrogens (tertiary/aromatic N) is 1. The number of guanidine groups is 1. The van der Waals surface area contributed by atoms with Crippen LogP contribution in [-0.4, -0.2) is 52.0 Å². The molecule has 132 valence electrons. The first-order valence-corrected chi connectivity index (χ1v) is 8.87. The smallest absolute Gasteiger partial charge is 0.191 e. The molecule has 0 aromatic rings. The van der Waals surface area contributed by atoms with Gasteiger partial charge in [-0.25, -0.2) is 0 Å². The van der Waals surface area contributed by atoms with E-state index in [1.807, 2.05) is 0 Å². The molecular formula is C17H37N3O2. The summed E-state index contributed by atoms with van der Waals surface area (Å²) in [5, 5.41) is 6.68. The fourth-order valence-electron chi connectivity index (χ4n) is 2.01. The van der Waals surface area contributed by atoms with Crippen LogP contribution in [0.1, 0.15) is 59.3 Å². The van der Waals surface area contributed by atoms with Crippen molar-refractivity contribution in [1.82, 2.24) is 10.6 Å². The average Bonchev–Trinajstić information content (AvgIpc) is 2.52. The molecule has 1 atom stereocenters. The zero-order valence-electron chi connectivity index (χ0n) is 15.1. The van der Waals surface area contributed by atoms with Gasteiger partial charge in [0, 0.05) is 26.2 Å². The summed E-state index contributed by atoms with van der Waals surface area (Å²) in [7, 11) is 1.80. The van der Waals surface area contributed by atoms with E-state index in [9.17, 15) is 0 Å². The monoisotopic (exact) mass is 315 g/mol. The van der Waals surface area contributed by atoms with Gasteiger partial charge in [-0.05, 0) is 19.8 Å². The normalized spacial score (nSPS) is 13.2. The molecule has 5 heteroatoms. The van der Waals surface area contributed by atoms with Crippen LogP contribution in [0.3, 0.4) is 0 Å². The van der Waals surface area contributed by atoms with Crippen molar-refractivity contribution in [3.8, 4) is 0 Å². The molecule has 0 radical (unpaired) electrons. The Labute approximate surface area is 137 Å². The van der Waals surface area contributed by atoms with Gasteiger partial charge in [-0.3, -0.25) is 4.99 Å². The molecule has 0 fully saturated rings. The van der Waals surface area contributed by atoms with E-state index >= 15 is 0 Å². The highest BCUT2D eigenvalue weighted by molar-refractivity contribution is 5.79. The molecule has 0 bridgehead atoms. The number of rotatable bonds is 14. The number of unbranched alkanes of at least 4 members (excludes halogenated alkanes) is 3. The number of hydrogen-bond donors (Lipinski definition) is 2. The molecule has 0 amide bonds. The Hall–Kier alpha value is -0.810. The predicted molar refractivity (Wildman–Crippen MR) is 94.6 cm³/mol. The van der Waals surface area contributed by atoms with Gasteiger partial charge in [0.1, 0.15) is 0 Å². The molecule has 0 spiro atoms. The minimum absolute atomic E-state index is 0.450. The van der Waals surface area contributed by atoms with Gasteiger partial charge in [0.15, 0.2) is 5.96 Å². The summed E-state index contributed by atoms with van der Waals surface area (Å²) in [5.41, 5.74) is 0. The second-order valence-electron chi connectivity index (χ2n) is 5.62. The molecule has 1 unspecified atom stereocenters. The summed E-state index contributed by atoms with van der Waals surface area (Å²) in [6.07, 6.45) is 7.31. The Morgan fingerprint density at radius 2 is 1.64 bits per heavy atom. The Bertz CT molecular complexity index is 260. The van der Waals surface area contributed by atoms with Crippen molar-refractivity contribution in [3.05, 3.63) is 0 Å². The van der Waals surface area contributed by atoms with Crippen LogP contribution in [0, 0.1) is 0 Å². The van der Waals surface area contributed by atoms with Gasteiger partial charge in [-0.2, -0.15) is 0 Å². The Balaban J connectivity index is 3.50. The predicted octanol–water partition coefficient (Wildman–Crippen LogP) is 2.95. The van der Waals surface area contributed by atoms with Gasteiger partial charge in [-0.15, -0.1) is 0 Å². The van der Waals surface area contributed by atoms with Crippen LogP contribution in [0.4, 0.5) is 0 Å². The lowest BCUT2D eigenvalue weighted by Crippen LogP contribution is -2.43. The quantitative estimate of drug-likeness (QED) is 0.294. The van der Waals surface area contributed by atoms with E-state index in [2.05, 4.69) is 36.4 Å². The molecule has 2 N–H and O–H groups in total. The number of hydrogen-bond acceptors (Lipinski definition) is 3. The van der Waals surface area contributed by atoms with Crippen molar-refractivity contribution in [2.75, 3.05) is 40.0 Å². The Morgan fingerprint density at radius 3 is 2.27 bits per heavy atom. The average molecular weight is 316 g/mol. The summed E-state index contributed by atoms with van der Waals surface area (Å²) in [6.45, 7) is 10.2. The maximum absolute atomic E-state index is 5.52. The van der Waals surface area contributed by atoms with E-state index in [0.29, 0.717) is 25.9 Å². The Kier molecular flexibility index (Phi) is 15.9. The highest BCUT2D eigenvalue weighted by Crippen LogP contribution is 2.02. The van der Waals surface area contributed by atoms with E-state index < -0.39 is 0 Å². The fraction of sp³-hybridized carbons (Fsp3) is 0.941. The summed E-state index contributed by atoms with van der Waals surface area (Å²) >= 11 is 0. The van der Waals surface area contributed by atoms with Crippen LogP contribution in [-0.2, 0) is 9.47 Å². The maximum atomic E-state index is 5.52. The van der Waals surface area contributed by atoms with Gasteiger partial charge in [0.05, 0.1) is 19.8 Å². The van der Waals surface area contributed by atoms with Gasteiger partial charge in [-0.1, -0.05) is 39.5 Å². The van der Waals surface area contributed by atoms with Crippen LogP contribution in [0.2, 0.25) is 0 Å². The van der Waals surface area contributed by atoms with E-state index in [1.165, 1.54) is 32.1 Å². The van der Waals surface area contributed by atoms with Crippen LogP contribution in [0.15, 0.2) is 4.99 Å². The van der Waals surface area contributed by atoms with Crippen LogP contribution in [0.25, 0.3) is 0 Å². The van der Waals surface area contributed by atoms with E-state index in [1.54, 1.807) is 7.05 Å². The molecule has 0 aromatic carbocycles. The SMILES string of the molecule is CCCCCC(C)NC(=NC)NCCOCCOCCCC. The van der Waals surface area contributed by atoms with Crippen molar-refractivity contribution < 1.29 is 9.47 Å². The third-order valence-corrected chi connectivity index (χ3v) is 3.40. The summed E-state index contributed by atoms with van der Waals surface area (Å²) in [5.74, 6) is 0.854. The lowest BCUT2D eigenvalue weighted by Gasteiger charge is -2.17. The molecule has 0 rings (SSSR count). The van der Waals surface area contributed by atoms with Crippen LogP contribution < -0.4 is 10.6 Å². The number of ether oxygens (including phenoxy) is 2. The van der Waals surface area contributed by atoms with Crippen LogP contribution in [0.5, 0.6) is 0 Å². The summed E-state index contributed by atoms with van der Waals surface area (Å²) in [4.78, 5) is 4.24. The molecule has 0 aliphatic heterocycles. The lowest BCUT2D eigenvalue weighted by molar-refractivity contribution is 0.0487. The molecule has 0 saturated carbocycles. The van der Waals surface area contributed by atoms with E-state index in [0.717, 1.165) is 25.5 Å². The molecule has 22 heavy (non-hydrogen) atoms. The van der Waals surface area contributed by atoms with Crippen molar-refractivity contribution in [2.45, 2.75) is 65.3 Å². The lowest BCUT2D eigenvalue weighted by atomic mass is 10.1. The van der Waals surface area contributed by atoms with Crippen molar-refractivity contribution in [1.29, 1.82) is 0 Å². The van der Waals surface area contributed by atoms with Crippen molar-refractivity contribution in [3.63, 3.8) is 0 Å². The summed E-state index contributed by atoms with van der Waals surface area (Å²) in [6, 6.07) is 0.450. The largest absolute Gasteiger partial charge is 0.379 e. The zero-order chi connectivity index (χ0) is 16.5. The van der Waals surface area contributed by atoms with Crippen molar-refractivity contribution in [2.24, 2.45) is 4.99 Å². The first-order chi connectivity index (χ1) is 10.7. The van der Waals surface area contributed by atoms with Gasteiger partial charge >= 0.3 is 0 Å². The maximum Gasteiger partial charge on any atom is 0.191 e. The highest BCUT2D eigenvalue weighted by atomic mass is 16.5. The Morgan fingerprint density at radius 1 is 0.955 bits per heavy atom. The molecular weight excluding hydrogens is 278 g/mol. The molecule has 5 nitrogen and oxygen atoms in total. The van der Waals surface area contributed by atoms with Gasteiger partial charge in [0.25, 0.3) is 0 Å². The molecule has 0 saturated heterocycles. The summed E-state index contributed by atoms with van der Waals surface area (Å²) < 4.78 is 11.0. The second kappa shape index (κ2) is 16.6.